The SMILES string of the molecule is NC1CCCN(c2n[nH]c(C3CCCc4sccc43)n2)C1. The number of rotatable bonds is 2. The van der Waals surface area contributed by atoms with Gasteiger partial charge in [-0.05, 0) is 49.1 Å². The van der Waals surface area contributed by atoms with E-state index in [0.717, 1.165) is 44.1 Å². The molecule has 3 heterocycles. The number of hydrogen-bond acceptors (Lipinski definition) is 5. The summed E-state index contributed by atoms with van der Waals surface area (Å²) in [4.78, 5) is 8.51. The highest BCUT2D eigenvalue weighted by Gasteiger charge is 2.27. The van der Waals surface area contributed by atoms with Crippen LogP contribution in [0.5, 0.6) is 0 Å². The Balaban J connectivity index is 1.58. The summed E-state index contributed by atoms with van der Waals surface area (Å²) in [6.45, 7) is 1.88. The molecule has 1 aliphatic carbocycles. The Morgan fingerprint density at radius 2 is 2.29 bits per heavy atom. The number of H-pyrrole nitrogens is 1. The number of fused-ring (bicyclic) bond motifs is 1. The van der Waals surface area contributed by atoms with Crippen LogP contribution in [0.1, 0.15) is 47.9 Å². The molecule has 2 aromatic heterocycles. The summed E-state index contributed by atoms with van der Waals surface area (Å²) >= 11 is 1.87. The summed E-state index contributed by atoms with van der Waals surface area (Å²) in [7, 11) is 0. The van der Waals surface area contributed by atoms with E-state index in [4.69, 9.17) is 10.7 Å². The first kappa shape index (κ1) is 13.3. The molecule has 3 N–H and O–H groups in total. The summed E-state index contributed by atoms with van der Waals surface area (Å²) in [5, 5.41) is 9.82. The Labute approximate surface area is 128 Å². The summed E-state index contributed by atoms with van der Waals surface area (Å²) in [5.74, 6) is 2.23. The molecule has 21 heavy (non-hydrogen) atoms. The van der Waals surface area contributed by atoms with E-state index in [9.17, 15) is 0 Å². The van der Waals surface area contributed by atoms with Gasteiger partial charge in [0.15, 0.2) is 0 Å². The highest BCUT2D eigenvalue weighted by Crippen LogP contribution is 2.38. The predicted molar refractivity (Wildman–Crippen MR) is 84.9 cm³/mol. The third-order valence-corrected chi connectivity index (χ3v) is 5.61. The van der Waals surface area contributed by atoms with Gasteiger partial charge in [0.25, 0.3) is 0 Å². The van der Waals surface area contributed by atoms with Crippen LogP contribution in [0.25, 0.3) is 0 Å². The quantitative estimate of drug-likeness (QED) is 0.893. The first-order valence-corrected chi connectivity index (χ1v) is 8.68. The van der Waals surface area contributed by atoms with Gasteiger partial charge in [-0.2, -0.15) is 4.98 Å². The second-order valence-corrected chi connectivity index (χ2v) is 7.11. The van der Waals surface area contributed by atoms with Crippen LogP contribution in [0.3, 0.4) is 0 Å². The van der Waals surface area contributed by atoms with Crippen molar-refractivity contribution in [3.05, 3.63) is 27.7 Å². The molecular formula is C15H21N5S. The molecule has 0 amide bonds. The van der Waals surface area contributed by atoms with Crippen LogP contribution in [0, 0.1) is 0 Å². The average Bonchev–Trinajstić information content (AvgIpc) is 3.16. The van der Waals surface area contributed by atoms with Crippen LogP contribution in [-0.4, -0.2) is 34.3 Å². The number of anilines is 1. The first-order valence-electron chi connectivity index (χ1n) is 7.80. The third kappa shape index (κ3) is 2.46. The molecule has 6 heteroatoms. The minimum Gasteiger partial charge on any atom is -0.338 e. The molecule has 0 aromatic carbocycles. The maximum atomic E-state index is 6.06. The van der Waals surface area contributed by atoms with Gasteiger partial charge in [0.1, 0.15) is 5.82 Å². The lowest BCUT2D eigenvalue weighted by atomic mass is 9.87. The van der Waals surface area contributed by atoms with Gasteiger partial charge in [-0.25, -0.2) is 0 Å². The molecule has 2 aliphatic rings. The van der Waals surface area contributed by atoms with Crippen molar-refractivity contribution in [2.24, 2.45) is 5.73 Å². The highest BCUT2D eigenvalue weighted by atomic mass is 32.1. The van der Waals surface area contributed by atoms with E-state index in [1.807, 2.05) is 11.3 Å². The lowest BCUT2D eigenvalue weighted by molar-refractivity contribution is 0.500. The van der Waals surface area contributed by atoms with E-state index in [0.29, 0.717) is 5.92 Å². The van der Waals surface area contributed by atoms with Gasteiger partial charge < -0.3 is 10.6 Å². The van der Waals surface area contributed by atoms with Crippen molar-refractivity contribution in [2.45, 2.75) is 44.1 Å². The molecule has 2 atom stereocenters. The standard InChI is InChI=1S/C15H21N5S/c16-10-3-2-7-20(9-10)15-17-14(18-19-15)12-4-1-5-13-11(12)6-8-21-13/h6,8,10,12H,1-5,7,9,16H2,(H,17,18,19). The first-order chi connectivity index (χ1) is 10.3. The van der Waals surface area contributed by atoms with Crippen molar-refractivity contribution in [2.75, 3.05) is 18.0 Å². The Kier molecular flexibility index (Phi) is 3.43. The molecule has 4 rings (SSSR count). The number of nitrogens with one attached hydrogen (secondary N) is 1. The van der Waals surface area contributed by atoms with Crippen molar-refractivity contribution in [1.82, 2.24) is 15.2 Å². The second-order valence-electron chi connectivity index (χ2n) is 6.11. The smallest absolute Gasteiger partial charge is 0.244 e. The van der Waals surface area contributed by atoms with Crippen LogP contribution in [0.2, 0.25) is 0 Å². The van der Waals surface area contributed by atoms with E-state index in [2.05, 4.69) is 26.5 Å². The minimum atomic E-state index is 0.249. The van der Waals surface area contributed by atoms with Crippen molar-refractivity contribution in [3.63, 3.8) is 0 Å². The summed E-state index contributed by atoms with van der Waals surface area (Å²) in [6.07, 6.45) is 5.85. The molecule has 1 saturated heterocycles. The summed E-state index contributed by atoms with van der Waals surface area (Å²) < 4.78 is 0. The molecule has 0 bridgehead atoms. The van der Waals surface area contributed by atoms with E-state index < -0.39 is 0 Å². The molecule has 2 unspecified atom stereocenters. The van der Waals surface area contributed by atoms with Gasteiger partial charge >= 0.3 is 0 Å². The zero-order chi connectivity index (χ0) is 14.2. The van der Waals surface area contributed by atoms with Gasteiger partial charge in [0.05, 0.1) is 0 Å². The van der Waals surface area contributed by atoms with E-state index in [1.165, 1.54) is 23.3 Å². The summed E-state index contributed by atoms with van der Waals surface area (Å²) in [5.41, 5.74) is 7.50. The maximum absolute atomic E-state index is 6.06. The van der Waals surface area contributed by atoms with E-state index in [1.54, 1.807) is 0 Å². The third-order valence-electron chi connectivity index (χ3n) is 4.61. The monoisotopic (exact) mass is 303 g/mol. The molecule has 0 radical (unpaired) electrons. The Hall–Kier alpha value is -1.40. The fraction of sp³-hybridized carbons (Fsp3) is 0.600. The fourth-order valence-electron chi connectivity index (χ4n) is 3.52. The normalized spacial score (nSPS) is 25.9. The van der Waals surface area contributed by atoms with Crippen molar-refractivity contribution in [3.8, 4) is 0 Å². The van der Waals surface area contributed by atoms with Crippen LogP contribution in [0.15, 0.2) is 11.4 Å². The zero-order valence-electron chi connectivity index (χ0n) is 12.1. The maximum Gasteiger partial charge on any atom is 0.244 e. The number of aromatic nitrogens is 3. The van der Waals surface area contributed by atoms with Crippen molar-refractivity contribution < 1.29 is 0 Å². The van der Waals surface area contributed by atoms with Crippen molar-refractivity contribution >= 4 is 17.3 Å². The molecular weight excluding hydrogens is 282 g/mol. The number of thiophene rings is 1. The molecule has 0 spiro atoms. The topological polar surface area (TPSA) is 70.8 Å². The fourth-order valence-corrected chi connectivity index (χ4v) is 4.51. The Bertz CT molecular complexity index is 619. The number of aromatic amines is 1. The van der Waals surface area contributed by atoms with Crippen LogP contribution < -0.4 is 10.6 Å². The molecule has 112 valence electrons. The number of nitrogens with two attached hydrogens (primary N) is 1. The number of hydrogen-bond donors (Lipinski definition) is 2. The van der Waals surface area contributed by atoms with Gasteiger partial charge in [-0.15, -0.1) is 16.4 Å². The zero-order valence-corrected chi connectivity index (χ0v) is 12.9. The molecule has 1 fully saturated rings. The Morgan fingerprint density at radius 3 is 3.19 bits per heavy atom. The van der Waals surface area contributed by atoms with Gasteiger partial charge in [0.2, 0.25) is 5.95 Å². The molecule has 1 aliphatic heterocycles. The van der Waals surface area contributed by atoms with Gasteiger partial charge in [0, 0.05) is 29.9 Å². The largest absolute Gasteiger partial charge is 0.338 e. The second kappa shape index (κ2) is 5.42. The molecule has 0 saturated carbocycles. The van der Waals surface area contributed by atoms with E-state index in [-0.39, 0.29) is 6.04 Å². The number of piperidine rings is 1. The van der Waals surface area contributed by atoms with Crippen molar-refractivity contribution in [1.29, 1.82) is 0 Å². The van der Waals surface area contributed by atoms with Gasteiger partial charge in [-0.3, -0.25) is 5.10 Å². The minimum absolute atomic E-state index is 0.249. The number of aryl methyl sites for hydroxylation is 1. The highest BCUT2D eigenvalue weighted by molar-refractivity contribution is 7.10. The lowest BCUT2D eigenvalue weighted by Gasteiger charge is -2.29. The van der Waals surface area contributed by atoms with Gasteiger partial charge in [-0.1, -0.05) is 0 Å². The van der Waals surface area contributed by atoms with E-state index >= 15 is 0 Å². The Morgan fingerprint density at radius 1 is 1.33 bits per heavy atom. The number of nitrogens with zero attached hydrogens (tertiary/aromatic N) is 3. The predicted octanol–water partition coefficient (Wildman–Crippen LogP) is 2.26. The summed E-state index contributed by atoms with van der Waals surface area (Å²) in [6, 6.07) is 2.50. The average molecular weight is 303 g/mol. The van der Waals surface area contributed by atoms with Crippen LogP contribution >= 0.6 is 11.3 Å². The van der Waals surface area contributed by atoms with Crippen LogP contribution in [-0.2, 0) is 6.42 Å². The molecule has 5 nitrogen and oxygen atoms in total. The molecule has 2 aromatic rings. The lowest BCUT2D eigenvalue weighted by Crippen LogP contribution is -2.43. The van der Waals surface area contributed by atoms with Crippen LogP contribution in [0.4, 0.5) is 5.95 Å².